The van der Waals surface area contributed by atoms with Gasteiger partial charge in [0.2, 0.25) is 16.8 Å². The van der Waals surface area contributed by atoms with Crippen molar-refractivity contribution in [3.05, 3.63) is 17.9 Å². The van der Waals surface area contributed by atoms with Crippen molar-refractivity contribution < 1.29 is 27.2 Å². The van der Waals surface area contributed by atoms with Gasteiger partial charge in [-0.1, -0.05) is 12.8 Å². The number of carbonyl (C=O) groups is 2. The summed E-state index contributed by atoms with van der Waals surface area (Å²) in [6.07, 6.45) is 5.40. The Balaban J connectivity index is 1.64. The molecule has 2 aliphatic rings. The van der Waals surface area contributed by atoms with E-state index in [9.17, 15) is 18.0 Å². The van der Waals surface area contributed by atoms with Gasteiger partial charge < -0.3 is 14.1 Å². The molecule has 1 saturated heterocycles. The maximum Gasteiger partial charge on any atom is 0.374 e. The Morgan fingerprint density at radius 1 is 1.17 bits per heavy atom. The van der Waals surface area contributed by atoms with Crippen LogP contribution in [0.4, 0.5) is 0 Å². The quantitative estimate of drug-likeness (QED) is 0.605. The van der Waals surface area contributed by atoms with Gasteiger partial charge in [0.05, 0.1) is 6.61 Å². The lowest BCUT2D eigenvalue weighted by Gasteiger charge is -2.38. The van der Waals surface area contributed by atoms with Crippen LogP contribution in [0.5, 0.6) is 0 Å². The molecule has 168 valence electrons. The second-order valence-electron chi connectivity index (χ2n) is 8.30. The number of carbonyl (C=O) groups excluding carboxylic acids is 2. The normalized spacial score (nSPS) is 19.3. The summed E-state index contributed by atoms with van der Waals surface area (Å²) >= 11 is 0. The van der Waals surface area contributed by atoms with Gasteiger partial charge in [-0.3, -0.25) is 4.79 Å². The van der Waals surface area contributed by atoms with E-state index in [1.165, 1.54) is 16.4 Å². The first kappa shape index (κ1) is 22.8. The van der Waals surface area contributed by atoms with Gasteiger partial charge in [-0.2, -0.15) is 4.31 Å². The van der Waals surface area contributed by atoms with Crippen LogP contribution in [-0.4, -0.2) is 61.3 Å². The highest BCUT2D eigenvalue weighted by molar-refractivity contribution is 7.89. The van der Waals surface area contributed by atoms with E-state index in [0.29, 0.717) is 18.9 Å². The van der Waals surface area contributed by atoms with Gasteiger partial charge >= 0.3 is 5.97 Å². The van der Waals surface area contributed by atoms with E-state index in [4.69, 9.17) is 9.15 Å². The zero-order valence-corrected chi connectivity index (χ0v) is 18.8. The number of amides is 1. The highest BCUT2D eigenvalue weighted by Gasteiger charge is 2.38. The Kier molecular flexibility index (Phi) is 7.23. The van der Waals surface area contributed by atoms with Crippen LogP contribution >= 0.6 is 0 Å². The Morgan fingerprint density at radius 3 is 2.37 bits per heavy atom. The number of esters is 1. The van der Waals surface area contributed by atoms with E-state index < -0.39 is 16.0 Å². The molecule has 0 bridgehead atoms. The summed E-state index contributed by atoms with van der Waals surface area (Å²) in [5.74, 6) is -0.837. The van der Waals surface area contributed by atoms with E-state index in [-0.39, 0.29) is 48.4 Å². The van der Waals surface area contributed by atoms with Crippen molar-refractivity contribution in [2.24, 2.45) is 5.92 Å². The molecular weight excluding hydrogens is 408 g/mol. The number of furan rings is 1. The summed E-state index contributed by atoms with van der Waals surface area (Å²) in [5.41, 5.74) is 0. The largest absolute Gasteiger partial charge is 0.460 e. The lowest BCUT2D eigenvalue weighted by Crippen LogP contribution is -2.49. The topological polar surface area (TPSA) is 97.1 Å². The first-order valence-electron chi connectivity index (χ1n) is 10.8. The van der Waals surface area contributed by atoms with Gasteiger partial charge in [-0.05, 0) is 58.6 Å². The first-order chi connectivity index (χ1) is 14.3. The molecule has 1 amide bonds. The summed E-state index contributed by atoms with van der Waals surface area (Å²) < 4.78 is 37.2. The minimum absolute atomic E-state index is 0.135. The maximum absolute atomic E-state index is 13.2. The molecule has 0 atom stereocenters. The number of hydrogen-bond donors (Lipinski definition) is 0. The lowest BCUT2D eigenvalue weighted by atomic mass is 9.95. The highest BCUT2D eigenvalue weighted by atomic mass is 32.2. The van der Waals surface area contributed by atoms with Gasteiger partial charge in [0.25, 0.3) is 10.0 Å². The maximum atomic E-state index is 13.2. The monoisotopic (exact) mass is 440 g/mol. The van der Waals surface area contributed by atoms with E-state index in [1.54, 1.807) is 6.92 Å². The van der Waals surface area contributed by atoms with Crippen LogP contribution in [0.1, 0.15) is 69.9 Å². The molecule has 1 aromatic rings. The average Bonchev–Trinajstić information content (AvgIpc) is 3.41. The molecule has 1 aromatic heterocycles. The highest BCUT2D eigenvalue weighted by Crippen LogP contribution is 2.31. The van der Waals surface area contributed by atoms with Crippen LogP contribution in [0.2, 0.25) is 0 Å². The van der Waals surface area contributed by atoms with Crippen molar-refractivity contribution in [3.63, 3.8) is 0 Å². The summed E-state index contributed by atoms with van der Waals surface area (Å²) in [7, 11) is -3.86. The second kappa shape index (κ2) is 9.51. The van der Waals surface area contributed by atoms with Crippen LogP contribution in [0.3, 0.4) is 0 Å². The molecule has 2 heterocycles. The number of sulfonamides is 1. The Hall–Kier alpha value is -1.87. The van der Waals surface area contributed by atoms with E-state index in [2.05, 4.69) is 0 Å². The van der Waals surface area contributed by atoms with E-state index in [1.807, 2.05) is 18.7 Å². The summed E-state index contributed by atoms with van der Waals surface area (Å²) in [4.78, 5) is 26.9. The smallest absolute Gasteiger partial charge is 0.374 e. The van der Waals surface area contributed by atoms with Crippen LogP contribution in [0, 0.1) is 5.92 Å². The molecule has 0 radical (unpaired) electrons. The molecule has 9 heteroatoms. The number of nitrogens with zero attached hydrogens (tertiary/aromatic N) is 2. The SMILES string of the molecule is CCOC(=O)c1ccc(S(=O)(=O)N2CCC(C(=O)N(C(C)C)C3CCCC3)CC2)o1. The standard InChI is InChI=1S/C21H32N2O6S/c1-4-28-21(25)18-9-10-19(29-18)30(26,27)22-13-11-16(12-14-22)20(24)23(15(2)3)17-7-5-6-8-17/h9-10,15-17H,4-8,11-14H2,1-3H3. The second-order valence-corrected chi connectivity index (χ2v) is 10.2. The summed E-state index contributed by atoms with van der Waals surface area (Å²) in [6, 6.07) is 3.04. The van der Waals surface area contributed by atoms with Crippen LogP contribution < -0.4 is 0 Å². The number of ether oxygens (including phenoxy) is 1. The van der Waals surface area contributed by atoms with Crippen molar-refractivity contribution >= 4 is 21.9 Å². The summed E-state index contributed by atoms with van der Waals surface area (Å²) in [6.45, 7) is 6.45. The fourth-order valence-electron chi connectivity index (χ4n) is 4.49. The van der Waals surface area contributed by atoms with Crippen LogP contribution in [0.15, 0.2) is 21.6 Å². The molecule has 2 fully saturated rings. The van der Waals surface area contributed by atoms with Gasteiger partial charge in [-0.25, -0.2) is 13.2 Å². The summed E-state index contributed by atoms with van der Waals surface area (Å²) in [5, 5.41) is -0.273. The lowest BCUT2D eigenvalue weighted by molar-refractivity contribution is -0.141. The number of hydrogen-bond acceptors (Lipinski definition) is 6. The third kappa shape index (κ3) is 4.72. The Labute approximate surface area is 178 Å². The molecule has 1 aliphatic carbocycles. The molecular formula is C21H32N2O6S. The number of rotatable bonds is 7. The first-order valence-corrected chi connectivity index (χ1v) is 12.3. The predicted molar refractivity (Wildman–Crippen MR) is 110 cm³/mol. The molecule has 1 saturated carbocycles. The molecule has 0 unspecified atom stereocenters. The van der Waals surface area contributed by atoms with Crippen molar-refractivity contribution in [1.29, 1.82) is 0 Å². The Morgan fingerprint density at radius 2 is 1.80 bits per heavy atom. The zero-order valence-electron chi connectivity index (χ0n) is 18.0. The molecule has 30 heavy (non-hydrogen) atoms. The van der Waals surface area contributed by atoms with Crippen molar-refractivity contribution in [2.75, 3.05) is 19.7 Å². The predicted octanol–water partition coefficient (Wildman–Crippen LogP) is 3.04. The van der Waals surface area contributed by atoms with Crippen LogP contribution in [-0.2, 0) is 19.6 Å². The van der Waals surface area contributed by atoms with Crippen molar-refractivity contribution in [2.45, 2.75) is 76.5 Å². The third-order valence-corrected chi connectivity index (χ3v) is 7.76. The zero-order chi connectivity index (χ0) is 21.9. The van der Waals surface area contributed by atoms with Gasteiger partial charge in [0, 0.05) is 31.1 Å². The van der Waals surface area contributed by atoms with E-state index >= 15 is 0 Å². The van der Waals surface area contributed by atoms with Crippen molar-refractivity contribution in [3.8, 4) is 0 Å². The molecule has 0 spiro atoms. The number of piperidine rings is 1. The minimum atomic E-state index is -3.86. The fraction of sp³-hybridized carbons (Fsp3) is 0.714. The molecule has 0 N–H and O–H groups in total. The van der Waals surface area contributed by atoms with Gasteiger partial charge in [0.1, 0.15) is 0 Å². The molecule has 1 aliphatic heterocycles. The molecule has 0 aromatic carbocycles. The molecule has 3 rings (SSSR count). The van der Waals surface area contributed by atoms with E-state index in [0.717, 1.165) is 25.7 Å². The average molecular weight is 441 g/mol. The van der Waals surface area contributed by atoms with Gasteiger partial charge in [0.15, 0.2) is 0 Å². The molecule has 8 nitrogen and oxygen atoms in total. The van der Waals surface area contributed by atoms with Crippen LogP contribution in [0.25, 0.3) is 0 Å². The third-order valence-electron chi connectivity index (χ3n) is 5.98. The Bertz CT molecular complexity index is 849. The minimum Gasteiger partial charge on any atom is -0.460 e. The van der Waals surface area contributed by atoms with Crippen molar-refractivity contribution in [1.82, 2.24) is 9.21 Å². The fourth-order valence-corrected chi connectivity index (χ4v) is 5.87. The van der Waals surface area contributed by atoms with Gasteiger partial charge in [-0.15, -0.1) is 0 Å².